The summed E-state index contributed by atoms with van der Waals surface area (Å²) in [5.74, 6) is 0.681. The minimum Gasteiger partial charge on any atom is -0.469 e. The molecule has 2 rings (SSSR count). The van der Waals surface area contributed by atoms with E-state index in [0.29, 0.717) is 25.6 Å². The average molecular weight is 263 g/mol. The van der Waals surface area contributed by atoms with Crippen molar-refractivity contribution in [3.63, 3.8) is 0 Å². The molecule has 2 heterocycles. The average Bonchev–Trinajstić information content (AvgIpc) is 2.71. The Kier molecular flexibility index (Phi) is 3.07. The van der Waals surface area contributed by atoms with Crippen LogP contribution in [0.25, 0.3) is 0 Å². The molecule has 2 nitrogen and oxygen atoms in total. The van der Waals surface area contributed by atoms with E-state index < -0.39 is 6.10 Å². The van der Waals surface area contributed by atoms with Gasteiger partial charge in [0.05, 0.1) is 10.6 Å². The van der Waals surface area contributed by atoms with Gasteiger partial charge in [-0.1, -0.05) is 23.2 Å². The Morgan fingerprint density at radius 2 is 2.13 bits per heavy atom. The number of hydrogen-bond donors (Lipinski definition) is 1. The van der Waals surface area contributed by atoms with Crippen LogP contribution in [0.15, 0.2) is 22.8 Å². The summed E-state index contributed by atoms with van der Waals surface area (Å²) < 4.78 is 6.19. The van der Waals surface area contributed by atoms with E-state index >= 15 is 0 Å². The van der Waals surface area contributed by atoms with Crippen molar-refractivity contribution < 1.29 is 9.52 Å². The van der Waals surface area contributed by atoms with Gasteiger partial charge >= 0.3 is 0 Å². The lowest BCUT2D eigenvalue weighted by molar-refractivity contribution is 0.218. The highest BCUT2D eigenvalue weighted by molar-refractivity contribution is 7.20. The first-order chi connectivity index (χ1) is 7.09. The molecule has 1 unspecified atom stereocenters. The standard InChI is InChI=1S/C10H8Cl2O2S/c1-5-6(2-3-14-5)9(13)7-4-8(11)15-10(7)12/h2-4,9,13H,1H3. The van der Waals surface area contributed by atoms with Gasteiger partial charge in [0.25, 0.3) is 0 Å². The van der Waals surface area contributed by atoms with E-state index in [1.165, 1.54) is 17.6 Å². The van der Waals surface area contributed by atoms with Crippen molar-refractivity contribution in [2.75, 3.05) is 0 Å². The lowest BCUT2D eigenvalue weighted by atomic mass is 10.1. The first-order valence-electron chi connectivity index (χ1n) is 4.26. The molecule has 2 aromatic heterocycles. The summed E-state index contributed by atoms with van der Waals surface area (Å²) in [5.41, 5.74) is 1.34. The summed E-state index contributed by atoms with van der Waals surface area (Å²) in [5, 5.41) is 10.1. The van der Waals surface area contributed by atoms with E-state index in [1.54, 1.807) is 19.1 Å². The van der Waals surface area contributed by atoms with Crippen LogP contribution < -0.4 is 0 Å². The van der Waals surface area contributed by atoms with Crippen molar-refractivity contribution in [1.29, 1.82) is 0 Å². The second-order valence-electron chi connectivity index (χ2n) is 3.11. The van der Waals surface area contributed by atoms with Crippen molar-refractivity contribution in [3.8, 4) is 0 Å². The van der Waals surface area contributed by atoms with Gasteiger partial charge in [0.2, 0.25) is 0 Å². The smallest absolute Gasteiger partial charge is 0.110 e. The summed E-state index contributed by atoms with van der Waals surface area (Å²) in [6.45, 7) is 1.79. The molecule has 0 radical (unpaired) electrons. The van der Waals surface area contributed by atoms with Gasteiger partial charge in [0.1, 0.15) is 16.2 Å². The van der Waals surface area contributed by atoms with E-state index in [2.05, 4.69) is 0 Å². The van der Waals surface area contributed by atoms with Crippen LogP contribution in [0.3, 0.4) is 0 Å². The molecule has 80 valence electrons. The molecule has 1 atom stereocenters. The Morgan fingerprint density at radius 3 is 2.60 bits per heavy atom. The molecule has 0 aromatic carbocycles. The zero-order valence-corrected chi connectivity index (χ0v) is 10.2. The molecule has 0 aliphatic carbocycles. The summed E-state index contributed by atoms with van der Waals surface area (Å²) in [4.78, 5) is 0. The normalized spacial score (nSPS) is 13.1. The quantitative estimate of drug-likeness (QED) is 0.887. The third-order valence-electron chi connectivity index (χ3n) is 2.17. The summed E-state index contributed by atoms with van der Waals surface area (Å²) in [6.07, 6.45) is 0.760. The molecule has 0 fully saturated rings. The zero-order chi connectivity index (χ0) is 11.0. The first kappa shape index (κ1) is 11.0. The van der Waals surface area contributed by atoms with Crippen molar-refractivity contribution >= 4 is 34.5 Å². The van der Waals surface area contributed by atoms with E-state index in [0.717, 1.165) is 0 Å². The fourth-order valence-electron chi connectivity index (χ4n) is 1.39. The van der Waals surface area contributed by atoms with E-state index in [4.69, 9.17) is 27.6 Å². The molecule has 5 heteroatoms. The summed E-state index contributed by atoms with van der Waals surface area (Å²) in [6, 6.07) is 3.40. The van der Waals surface area contributed by atoms with Gasteiger partial charge in [0.15, 0.2) is 0 Å². The van der Waals surface area contributed by atoms with Crippen LogP contribution in [0.5, 0.6) is 0 Å². The minimum atomic E-state index is -0.778. The number of thiophene rings is 1. The van der Waals surface area contributed by atoms with E-state index in [1.807, 2.05) is 0 Å². The highest BCUT2D eigenvalue weighted by atomic mass is 35.5. The van der Waals surface area contributed by atoms with Crippen molar-refractivity contribution in [3.05, 3.63) is 44.0 Å². The summed E-state index contributed by atoms with van der Waals surface area (Å²) >= 11 is 13.0. The number of rotatable bonds is 2. The lowest BCUT2D eigenvalue weighted by Crippen LogP contribution is -1.98. The third-order valence-corrected chi connectivity index (χ3v) is 3.69. The number of halogens is 2. The van der Waals surface area contributed by atoms with Gasteiger partial charge in [0, 0.05) is 11.1 Å². The van der Waals surface area contributed by atoms with Gasteiger partial charge < -0.3 is 9.52 Å². The van der Waals surface area contributed by atoms with Gasteiger partial charge in [-0.3, -0.25) is 0 Å². The van der Waals surface area contributed by atoms with Crippen LogP contribution in [0.4, 0.5) is 0 Å². The number of aryl methyl sites for hydroxylation is 1. The second kappa shape index (κ2) is 4.18. The molecule has 0 aliphatic heterocycles. The SMILES string of the molecule is Cc1occc1C(O)c1cc(Cl)sc1Cl. The second-order valence-corrected chi connectivity index (χ2v) is 5.40. The van der Waals surface area contributed by atoms with E-state index in [9.17, 15) is 5.11 Å². The van der Waals surface area contributed by atoms with Crippen LogP contribution in [0.1, 0.15) is 23.0 Å². The van der Waals surface area contributed by atoms with Crippen LogP contribution in [0.2, 0.25) is 8.67 Å². The number of hydrogen-bond acceptors (Lipinski definition) is 3. The van der Waals surface area contributed by atoms with Crippen molar-refractivity contribution in [2.45, 2.75) is 13.0 Å². The number of furan rings is 1. The Balaban J connectivity index is 2.40. The molecule has 1 N–H and O–H groups in total. The molecule has 0 amide bonds. The maximum absolute atomic E-state index is 10.1. The third kappa shape index (κ3) is 2.06. The summed E-state index contributed by atoms with van der Waals surface area (Å²) in [7, 11) is 0. The van der Waals surface area contributed by atoms with E-state index in [-0.39, 0.29) is 0 Å². The van der Waals surface area contributed by atoms with Crippen LogP contribution in [-0.4, -0.2) is 5.11 Å². The Labute approximate surface area is 101 Å². The minimum absolute atomic E-state index is 0.508. The monoisotopic (exact) mass is 262 g/mol. The fourth-order valence-corrected chi connectivity index (χ4v) is 2.91. The van der Waals surface area contributed by atoms with Gasteiger partial charge in [-0.05, 0) is 19.1 Å². The zero-order valence-electron chi connectivity index (χ0n) is 7.83. The molecule has 15 heavy (non-hydrogen) atoms. The predicted octanol–water partition coefficient (Wildman–Crippen LogP) is 4.04. The molecule has 0 bridgehead atoms. The number of aliphatic hydroxyl groups is 1. The van der Waals surface area contributed by atoms with Crippen LogP contribution in [0, 0.1) is 6.92 Å². The highest BCUT2D eigenvalue weighted by Gasteiger charge is 2.19. The molecular weight excluding hydrogens is 255 g/mol. The molecule has 0 saturated carbocycles. The fraction of sp³-hybridized carbons (Fsp3) is 0.200. The lowest BCUT2D eigenvalue weighted by Gasteiger charge is -2.07. The molecule has 2 aromatic rings. The van der Waals surface area contributed by atoms with Gasteiger partial charge in [-0.2, -0.15) is 0 Å². The van der Waals surface area contributed by atoms with Crippen LogP contribution >= 0.6 is 34.5 Å². The highest BCUT2D eigenvalue weighted by Crippen LogP contribution is 2.38. The molecule has 0 spiro atoms. The largest absolute Gasteiger partial charge is 0.469 e. The van der Waals surface area contributed by atoms with Crippen molar-refractivity contribution in [1.82, 2.24) is 0 Å². The first-order valence-corrected chi connectivity index (χ1v) is 5.83. The Bertz CT molecular complexity index is 475. The Morgan fingerprint density at radius 1 is 1.40 bits per heavy atom. The van der Waals surface area contributed by atoms with Crippen molar-refractivity contribution in [2.24, 2.45) is 0 Å². The maximum Gasteiger partial charge on any atom is 0.110 e. The Hall–Kier alpha value is -0.480. The molecule has 0 aliphatic rings. The maximum atomic E-state index is 10.1. The van der Waals surface area contributed by atoms with Gasteiger partial charge in [-0.15, -0.1) is 11.3 Å². The van der Waals surface area contributed by atoms with Crippen LogP contribution in [-0.2, 0) is 0 Å². The molecular formula is C10H8Cl2O2S. The topological polar surface area (TPSA) is 33.4 Å². The van der Waals surface area contributed by atoms with Gasteiger partial charge in [-0.25, -0.2) is 0 Å². The predicted molar refractivity (Wildman–Crippen MR) is 61.8 cm³/mol. The molecule has 0 saturated heterocycles. The number of aliphatic hydroxyl groups excluding tert-OH is 1.